The molecule has 3 fully saturated rings. The summed E-state index contributed by atoms with van der Waals surface area (Å²) < 4.78 is 6.77. The van der Waals surface area contributed by atoms with Crippen molar-refractivity contribution in [2.45, 2.75) is 76.0 Å². The minimum absolute atomic E-state index is 0.0862. The molecule has 1 aromatic heterocycles. The Labute approximate surface area is 389 Å². The van der Waals surface area contributed by atoms with Gasteiger partial charge in [-0.3, -0.25) is 0 Å². The molecule has 0 radical (unpaired) electrons. The largest absolute Gasteiger partial charge is 0.456 e. The lowest BCUT2D eigenvalue weighted by molar-refractivity contribution is 0.0426. The number of fused-ring (bicyclic) bond motifs is 16. The summed E-state index contributed by atoms with van der Waals surface area (Å²) in [7, 11) is 0. The second-order valence-electron chi connectivity index (χ2n) is 21.0. The zero-order chi connectivity index (χ0) is 43.7. The van der Waals surface area contributed by atoms with Gasteiger partial charge in [0, 0.05) is 38.7 Å². The average molecular weight is 854 g/mol. The normalized spacial score (nSPS) is 23.0. The van der Waals surface area contributed by atoms with Crippen LogP contribution in [0.15, 0.2) is 180 Å². The van der Waals surface area contributed by atoms with E-state index in [1.165, 1.54) is 113 Å². The first-order valence-corrected chi connectivity index (χ1v) is 24.9. The summed E-state index contributed by atoms with van der Waals surface area (Å²) in [4.78, 5) is 2.46. The van der Waals surface area contributed by atoms with E-state index in [4.69, 9.17) is 4.42 Å². The Morgan fingerprint density at radius 1 is 0.439 bits per heavy atom. The summed E-state index contributed by atoms with van der Waals surface area (Å²) in [6.45, 7) is 5.06. The van der Waals surface area contributed by atoms with E-state index in [0.29, 0.717) is 11.8 Å². The highest BCUT2D eigenvalue weighted by atomic mass is 16.3. The van der Waals surface area contributed by atoms with E-state index < -0.39 is 0 Å². The van der Waals surface area contributed by atoms with Crippen LogP contribution in [0, 0.1) is 23.7 Å². The van der Waals surface area contributed by atoms with E-state index in [0.717, 1.165) is 45.1 Å². The SMILES string of the molecule is C[C@@H]1CC2C[C@H](C1)[C@@]1(c3ccccc3-c3cc(-c4ccc5c(c4)oc4ccc(N(c6ccc(-c7ccccc7)cc6)c6ccc7c(c6)C6(CCCC6)c6ccccc6-7)cc45)ccc31)[C@@H](C)C2. The predicted molar refractivity (Wildman–Crippen MR) is 274 cm³/mol. The van der Waals surface area contributed by atoms with Crippen LogP contribution < -0.4 is 4.90 Å². The second-order valence-corrected chi connectivity index (χ2v) is 21.0. The smallest absolute Gasteiger partial charge is 0.136 e. The Morgan fingerprint density at radius 2 is 1.08 bits per heavy atom. The molecule has 0 N–H and O–H groups in total. The molecule has 3 saturated carbocycles. The maximum Gasteiger partial charge on any atom is 0.136 e. The molecule has 9 aromatic rings. The van der Waals surface area contributed by atoms with Gasteiger partial charge < -0.3 is 9.32 Å². The Bertz CT molecular complexity index is 3380. The molecule has 66 heavy (non-hydrogen) atoms. The first-order chi connectivity index (χ1) is 32.5. The molecule has 14 rings (SSSR count). The molecule has 0 aliphatic heterocycles. The molecule has 5 aliphatic carbocycles. The van der Waals surface area contributed by atoms with Crippen molar-refractivity contribution in [1.29, 1.82) is 0 Å². The highest BCUT2D eigenvalue weighted by Crippen LogP contribution is 2.65. The van der Waals surface area contributed by atoms with Gasteiger partial charge >= 0.3 is 0 Å². The molecule has 2 heteroatoms. The third kappa shape index (κ3) is 5.48. The first kappa shape index (κ1) is 38.6. The van der Waals surface area contributed by atoms with Crippen LogP contribution >= 0.6 is 0 Å². The summed E-state index contributed by atoms with van der Waals surface area (Å²) in [6.07, 6.45) is 10.4. The number of anilines is 3. The maximum atomic E-state index is 6.77. The van der Waals surface area contributed by atoms with Crippen molar-refractivity contribution in [2.75, 3.05) is 4.90 Å². The molecule has 0 amide bonds. The zero-order valence-corrected chi connectivity index (χ0v) is 38.1. The average Bonchev–Trinajstić information content (AvgIpc) is 4.13. The van der Waals surface area contributed by atoms with E-state index in [2.05, 4.69) is 195 Å². The lowest BCUT2D eigenvalue weighted by atomic mass is 9.49. The summed E-state index contributed by atoms with van der Waals surface area (Å²) in [6, 6.07) is 66.8. The zero-order valence-electron chi connectivity index (χ0n) is 38.1. The van der Waals surface area contributed by atoms with Crippen molar-refractivity contribution in [3.8, 4) is 44.5 Å². The van der Waals surface area contributed by atoms with Crippen molar-refractivity contribution in [3.05, 3.63) is 198 Å². The van der Waals surface area contributed by atoms with E-state index in [1.807, 2.05) is 0 Å². The van der Waals surface area contributed by atoms with E-state index >= 15 is 0 Å². The Balaban J connectivity index is 0.868. The summed E-state index contributed by atoms with van der Waals surface area (Å²) in [5.41, 5.74) is 22.2. The van der Waals surface area contributed by atoms with Crippen molar-refractivity contribution >= 4 is 39.0 Å². The number of rotatable bonds is 5. The lowest BCUT2D eigenvalue weighted by Crippen LogP contribution is -2.49. The number of nitrogens with zero attached hydrogens (tertiary/aromatic N) is 1. The second kappa shape index (κ2) is 14.4. The van der Waals surface area contributed by atoms with Gasteiger partial charge in [-0.25, -0.2) is 0 Å². The van der Waals surface area contributed by atoms with Gasteiger partial charge in [0.25, 0.3) is 0 Å². The quantitative estimate of drug-likeness (QED) is 0.171. The molecule has 2 nitrogen and oxygen atoms in total. The van der Waals surface area contributed by atoms with Gasteiger partial charge in [0.05, 0.1) is 0 Å². The minimum Gasteiger partial charge on any atom is -0.456 e. The van der Waals surface area contributed by atoms with Gasteiger partial charge in [0.1, 0.15) is 11.2 Å². The van der Waals surface area contributed by atoms with Crippen LogP contribution in [0.25, 0.3) is 66.4 Å². The number of hydrogen-bond donors (Lipinski definition) is 0. The molecule has 1 heterocycles. The van der Waals surface area contributed by atoms with Gasteiger partial charge in [-0.1, -0.05) is 142 Å². The van der Waals surface area contributed by atoms with Crippen LogP contribution in [-0.4, -0.2) is 0 Å². The fourth-order valence-electron chi connectivity index (χ4n) is 15.0. The first-order valence-electron chi connectivity index (χ1n) is 24.9. The van der Waals surface area contributed by atoms with Gasteiger partial charge in [-0.05, 0) is 190 Å². The van der Waals surface area contributed by atoms with Crippen LogP contribution in [0.2, 0.25) is 0 Å². The van der Waals surface area contributed by atoms with Crippen molar-refractivity contribution in [2.24, 2.45) is 23.7 Å². The van der Waals surface area contributed by atoms with Crippen LogP contribution in [0.4, 0.5) is 17.1 Å². The Morgan fingerprint density at radius 3 is 1.91 bits per heavy atom. The highest BCUT2D eigenvalue weighted by Gasteiger charge is 2.56. The van der Waals surface area contributed by atoms with Gasteiger partial charge in [0.15, 0.2) is 0 Å². The van der Waals surface area contributed by atoms with Crippen LogP contribution in [0.3, 0.4) is 0 Å². The van der Waals surface area contributed by atoms with Gasteiger partial charge in [-0.2, -0.15) is 0 Å². The number of hydrogen-bond acceptors (Lipinski definition) is 2. The molecule has 2 bridgehead atoms. The minimum atomic E-state index is 0.0862. The monoisotopic (exact) mass is 853 g/mol. The molecule has 5 aliphatic rings. The van der Waals surface area contributed by atoms with Crippen LogP contribution in [-0.2, 0) is 10.8 Å². The van der Waals surface area contributed by atoms with Crippen molar-refractivity contribution in [3.63, 3.8) is 0 Å². The lowest BCUT2D eigenvalue weighted by Gasteiger charge is -2.54. The predicted octanol–water partition coefficient (Wildman–Crippen LogP) is 17.6. The summed E-state index contributed by atoms with van der Waals surface area (Å²) in [5, 5.41) is 2.28. The van der Waals surface area contributed by atoms with E-state index in [-0.39, 0.29) is 10.8 Å². The molecule has 5 atom stereocenters. The molecule has 8 aromatic carbocycles. The molecule has 0 saturated heterocycles. The van der Waals surface area contributed by atoms with Crippen molar-refractivity contribution < 1.29 is 4.42 Å². The summed E-state index contributed by atoms with van der Waals surface area (Å²) >= 11 is 0. The molecule has 2 spiro atoms. The third-order valence-corrected chi connectivity index (χ3v) is 17.5. The maximum absolute atomic E-state index is 6.77. The fraction of sp³-hybridized carbons (Fsp3) is 0.250. The summed E-state index contributed by atoms with van der Waals surface area (Å²) in [5.74, 6) is 3.01. The standard InChI is InChI=1S/C64H55NO/c1-40-32-42-34-41(2)64(47(33-40)35-42)58-17-9-7-15-52(58)55-36-45(21-28-59(55)64)46-20-26-54-56-38-49(25-29-61(56)66-62(54)37-46)65(48-22-18-44(19-23-48)43-12-4-3-5-13-43)50-24-27-53-51-14-6-8-16-57(51)63(60(53)39-50)30-10-11-31-63/h3-9,12-29,36-42,47H,10-11,30-35H2,1-2H3/t40-,41+,42?,47+,64-/m1/s1. The van der Waals surface area contributed by atoms with Crippen LogP contribution in [0.1, 0.15) is 87.5 Å². The molecular formula is C64H55NO. The number of furan rings is 1. The Kier molecular flexibility index (Phi) is 8.44. The third-order valence-electron chi connectivity index (χ3n) is 17.5. The van der Waals surface area contributed by atoms with Crippen molar-refractivity contribution in [1.82, 2.24) is 0 Å². The van der Waals surface area contributed by atoms with Gasteiger partial charge in [-0.15, -0.1) is 0 Å². The molecule has 322 valence electrons. The van der Waals surface area contributed by atoms with E-state index in [1.54, 1.807) is 11.1 Å². The Hall–Kier alpha value is -6.64. The fourth-order valence-corrected chi connectivity index (χ4v) is 15.0. The number of benzene rings is 8. The van der Waals surface area contributed by atoms with Gasteiger partial charge in [0.2, 0.25) is 0 Å². The van der Waals surface area contributed by atoms with E-state index in [9.17, 15) is 0 Å². The molecular weight excluding hydrogens is 799 g/mol. The van der Waals surface area contributed by atoms with Crippen LogP contribution in [0.5, 0.6) is 0 Å². The molecule has 1 unspecified atom stereocenters. The topological polar surface area (TPSA) is 16.4 Å². The highest BCUT2D eigenvalue weighted by molar-refractivity contribution is 6.08.